The van der Waals surface area contributed by atoms with Crippen LogP contribution in [0.3, 0.4) is 0 Å². The number of carbonyl (C=O) groups is 2. The van der Waals surface area contributed by atoms with Crippen LogP contribution in [0.25, 0.3) is 0 Å². The van der Waals surface area contributed by atoms with Crippen LogP contribution >= 0.6 is 11.6 Å². The Morgan fingerprint density at radius 3 is 2.41 bits per heavy atom. The number of Topliss-reactive ketones (excluding diaryl/α,β-unsaturated/α-hetero) is 1. The number of carbonyl (C=O) groups excluding carboxylic acids is 2. The second-order valence-electron chi connectivity index (χ2n) is 9.29. The minimum Gasteiger partial charge on any atom is -0.480 e. The topological polar surface area (TPSA) is 71.0 Å². The smallest absolute Gasteiger partial charge is 0.265 e. The number of amides is 1. The highest BCUT2D eigenvalue weighted by Gasteiger charge is 2.29. The Morgan fingerprint density at radius 1 is 1.08 bits per heavy atom. The summed E-state index contributed by atoms with van der Waals surface area (Å²) in [5, 5.41) is 2.82. The van der Waals surface area contributed by atoms with E-state index in [0.29, 0.717) is 29.9 Å². The van der Waals surface area contributed by atoms with Crippen molar-refractivity contribution in [1.29, 1.82) is 0 Å². The zero-order valence-electron chi connectivity index (χ0n) is 22.7. The van der Waals surface area contributed by atoms with Gasteiger partial charge in [-0.3, -0.25) is 9.59 Å². The third-order valence-electron chi connectivity index (χ3n) is 6.51. The molecular weight excluding hydrogens is 486 g/mol. The lowest BCUT2D eigenvalue weighted by atomic mass is 9.97. The van der Waals surface area contributed by atoms with Crippen LogP contribution in [0.2, 0.25) is 0 Å². The van der Waals surface area contributed by atoms with Gasteiger partial charge in [0.2, 0.25) is 5.78 Å². The average Bonchev–Trinajstić information content (AvgIpc) is 2.87. The molecule has 2 aromatic carbocycles. The summed E-state index contributed by atoms with van der Waals surface area (Å²) in [5.41, 5.74) is 6.24. The van der Waals surface area contributed by atoms with Gasteiger partial charge < -0.3 is 15.0 Å². The van der Waals surface area contributed by atoms with Crippen molar-refractivity contribution >= 4 is 40.4 Å². The van der Waals surface area contributed by atoms with Crippen LogP contribution < -0.4 is 15.0 Å². The largest absolute Gasteiger partial charge is 0.480 e. The summed E-state index contributed by atoms with van der Waals surface area (Å²) in [5.74, 6) is -0.199. The van der Waals surface area contributed by atoms with Crippen LogP contribution in [0.1, 0.15) is 50.3 Å². The average molecular weight is 522 g/mol. The molecule has 0 fully saturated rings. The van der Waals surface area contributed by atoms with Gasteiger partial charge in [-0.1, -0.05) is 43.1 Å². The molecule has 7 heteroatoms. The monoisotopic (exact) mass is 521 g/mol. The number of anilines is 1. The molecule has 1 aliphatic carbocycles. The molecule has 196 valence electrons. The molecule has 0 aliphatic heterocycles. The lowest BCUT2D eigenvalue weighted by molar-refractivity contribution is -0.128. The molecule has 1 amide bonds. The van der Waals surface area contributed by atoms with Gasteiger partial charge in [0, 0.05) is 24.9 Å². The first-order valence-corrected chi connectivity index (χ1v) is 13.1. The number of allylic oxidation sites excluding steroid dienone is 3. The highest BCUT2D eigenvalue weighted by atomic mass is 35.5. The van der Waals surface area contributed by atoms with E-state index in [1.165, 1.54) is 0 Å². The number of nitrogens with one attached hydrogen (secondary N) is 1. The molecule has 0 aromatic heterocycles. The van der Waals surface area contributed by atoms with Gasteiger partial charge in [-0.05, 0) is 82.0 Å². The van der Waals surface area contributed by atoms with Crippen molar-refractivity contribution in [2.45, 2.75) is 60.5 Å². The molecule has 1 unspecified atom stereocenters. The van der Waals surface area contributed by atoms with Crippen molar-refractivity contribution in [3.05, 3.63) is 75.5 Å². The maximum absolute atomic E-state index is 13.1. The highest BCUT2D eigenvalue weighted by Crippen LogP contribution is 2.30. The van der Waals surface area contributed by atoms with Crippen LogP contribution in [0.4, 0.5) is 11.4 Å². The summed E-state index contributed by atoms with van der Waals surface area (Å²) in [6, 6.07) is 11.9. The minimum atomic E-state index is -0.767. The van der Waals surface area contributed by atoms with Crippen molar-refractivity contribution in [2.75, 3.05) is 18.5 Å². The normalized spacial score (nSPS) is 15.5. The van der Waals surface area contributed by atoms with Crippen molar-refractivity contribution in [2.24, 2.45) is 4.99 Å². The Labute approximate surface area is 225 Å². The van der Waals surface area contributed by atoms with Gasteiger partial charge in [0.1, 0.15) is 5.75 Å². The van der Waals surface area contributed by atoms with Crippen LogP contribution in [0.5, 0.6) is 5.75 Å². The zero-order chi connectivity index (χ0) is 27.3. The van der Waals surface area contributed by atoms with Crippen LogP contribution in [-0.2, 0) is 9.59 Å². The van der Waals surface area contributed by atoms with E-state index >= 15 is 0 Å². The standard InChI is InChI=1S/C30H36ClN3O3/c1-8-22-24(32-23-13-12-21(16-19(23)5)34(7)10-3)17-25(29(35)28(22)31)33-30(36)26(9-2)37-27-14-11-18(4)15-20(27)6/h11-17,26H,8-10H2,1-7H3,(H,33,36). The van der Waals surface area contributed by atoms with Gasteiger partial charge in [-0.2, -0.15) is 0 Å². The number of rotatable bonds is 9. The maximum atomic E-state index is 13.1. The SMILES string of the molecule is CCC1=C(Cl)C(=O)C(NC(=O)C(CC)Oc2ccc(C)cc2C)=CC1=Nc1ccc(N(C)CC)cc1C. The van der Waals surface area contributed by atoms with Crippen molar-refractivity contribution in [3.63, 3.8) is 0 Å². The van der Waals surface area contributed by atoms with Crippen molar-refractivity contribution in [1.82, 2.24) is 5.32 Å². The second kappa shape index (κ2) is 12.2. The number of hydrogen-bond donors (Lipinski definition) is 1. The molecule has 2 aromatic rings. The Morgan fingerprint density at radius 2 is 1.81 bits per heavy atom. The lowest BCUT2D eigenvalue weighted by Gasteiger charge is -2.22. The molecule has 1 aliphatic rings. The molecule has 0 saturated heterocycles. The summed E-state index contributed by atoms with van der Waals surface area (Å²) in [6.45, 7) is 12.7. The molecular formula is C30H36ClN3O3. The number of benzene rings is 2. The Hall–Kier alpha value is -3.38. The number of aliphatic imine (C=N–C) groups is 1. The van der Waals surface area contributed by atoms with Crippen LogP contribution in [0.15, 0.2) is 63.8 Å². The molecule has 1 atom stereocenters. The number of hydrogen-bond acceptors (Lipinski definition) is 5. The molecule has 1 N–H and O–H groups in total. The molecule has 0 radical (unpaired) electrons. The Balaban J connectivity index is 1.91. The number of aryl methyl sites for hydroxylation is 3. The summed E-state index contributed by atoms with van der Waals surface area (Å²) in [7, 11) is 2.04. The summed E-state index contributed by atoms with van der Waals surface area (Å²) in [6.07, 6.45) is 1.81. The van der Waals surface area contributed by atoms with Crippen LogP contribution in [0, 0.1) is 20.8 Å². The van der Waals surface area contributed by atoms with E-state index in [9.17, 15) is 9.59 Å². The fourth-order valence-corrected chi connectivity index (χ4v) is 4.45. The third kappa shape index (κ3) is 6.50. The van der Waals surface area contributed by atoms with Gasteiger partial charge >= 0.3 is 0 Å². The highest BCUT2D eigenvalue weighted by molar-refractivity contribution is 6.49. The van der Waals surface area contributed by atoms with E-state index in [1.807, 2.05) is 72.0 Å². The number of halogens is 1. The van der Waals surface area contributed by atoms with E-state index in [-0.39, 0.29) is 10.7 Å². The first-order chi connectivity index (χ1) is 17.6. The van der Waals surface area contributed by atoms with E-state index in [2.05, 4.69) is 23.2 Å². The van der Waals surface area contributed by atoms with Gasteiger partial charge in [0.25, 0.3) is 5.91 Å². The van der Waals surface area contributed by atoms with E-state index in [0.717, 1.165) is 34.6 Å². The number of nitrogens with zero attached hydrogens (tertiary/aromatic N) is 2. The van der Waals surface area contributed by atoms with Gasteiger partial charge in [0.05, 0.1) is 22.1 Å². The van der Waals surface area contributed by atoms with E-state index in [1.54, 1.807) is 6.08 Å². The molecule has 3 rings (SSSR count). The fourth-order valence-electron chi connectivity index (χ4n) is 4.12. The second-order valence-corrected chi connectivity index (χ2v) is 9.67. The summed E-state index contributed by atoms with van der Waals surface area (Å²) in [4.78, 5) is 33.2. The predicted octanol–water partition coefficient (Wildman–Crippen LogP) is 6.48. The molecule has 0 heterocycles. The Bertz CT molecular complexity index is 1290. The lowest BCUT2D eigenvalue weighted by Crippen LogP contribution is -2.40. The van der Waals surface area contributed by atoms with E-state index in [4.69, 9.17) is 21.3 Å². The van der Waals surface area contributed by atoms with Crippen molar-refractivity contribution in [3.8, 4) is 5.75 Å². The van der Waals surface area contributed by atoms with E-state index < -0.39 is 17.8 Å². The number of ether oxygens (including phenoxy) is 1. The molecule has 37 heavy (non-hydrogen) atoms. The summed E-state index contributed by atoms with van der Waals surface area (Å²) >= 11 is 6.50. The maximum Gasteiger partial charge on any atom is 0.265 e. The first-order valence-electron chi connectivity index (χ1n) is 12.7. The summed E-state index contributed by atoms with van der Waals surface area (Å²) < 4.78 is 6.01. The fraction of sp³-hybridized carbons (Fsp3) is 0.367. The molecule has 0 spiro atoms. The van der Waals surface area contributed by atoms with Gasteiger partial charge in [0.15, 0.2) is 6.10 Å². The quantitative estimate of drug-likeness (QED) is 0.383. The molecule has 0 bridgehead atoms. The number of ketones is 1. The predicted molar refractivity (Wildman–Crippen MR) is 152 cm³/mol. The Kier molecular flexibility index (Phi) is 9.33. The van der Waals surface area contributed by atoms with Crippen molar-refractivity contribution < 1.29 is 14.3 Å². The van der Waals surface area contributed by atoms with Crippen LogP contribution in [-0.4, -0.2) is 37.1 Å². The first kappa shape index (κ1) is 28.2. The van der Waals surface area contributed by atoms with Gasteiger partial charge in [-0.15, -0.1) is 0 Å². The zero-order valence-corrected chi connectivity index (χ0v) is 23.5. The molecule has 6 nitrogen and oxygen atoms in total. The molecule has 0 saturated carbocycles. The van der Waals surface area contributed by atoms with Gasteiger partial charge in [-0.25, -0.2) is 4.99 Å². The minimum absolute atomic E-state index is 0.0717. The third-order valence-corrected chi connectivity index (χ3v) is 6.91.